The Bertz CT molecular complexity index is 811. The average Bonchev–Trinajstić information content (AvgIpc) is 2.50. The normalized spacial score (nSPS) is 11.1. The highest BCUT2D eigenvalue weighted by atomic mass is 32.2. The molecule has 0 radical (unpaired) electrons. The van der Waals surface area contributed by atoms with E-state index in [2.05, 4.69) is 4.72 Å². The van der Waals surface area contributed by atoms with Crippen LogP contribution in [0.2, 0.25) is 0 Å². The third-order valence-electron chi connectivity index (χ3n) is 3.44. The molecule has 1 N–H and O–H groups in total. The molecule has 122 valence electrons. The number of nitrogens with one attached hydrogen (secondary N) is 1. The molecule has 0 bridgehead atoms. The van der Waals surface area contributed by atoms with Gasteiger partial charge in [-0.1, -0.05) is 6.07 Å². The fourth-order valence-corrected chi connectivity index (χ4v) is 3.13. The van der Waals surface area contributed by atoms with E-state index in [1.54, 1.807) is 25.1 Å². The highest BCUT2D eigenvalue weighted by molar-refractivity contribution is 7.92. The lowest BCUT2D eigenvalue weighted by molar-refractivity contribution is 0.0526. The van der Waals surface area contributed by atoms with Crippen molar-refractivity contribution in [2.45, 2.75) is 25.7 Å². The molecule has 0 saturated carbocycles. The van der Waals surface area contributed by atoms with E-state index in [9.17, 15) is 13.2 Å². The average molecular weight is 333 g/mol. The smallest absolute Gasteiger partial charge is 0.338 e. The number of aryl methyl sites for hydroxylation is 2. The number of ether oxygens (including phenoxy) is 1. The largest absolute Gasteiger partial charge is 0.462 e. The van der Waals surface area contributed by atoms with E-state index in [1.165, 1.54) is 24.3 Å². The van der Waals surface area contributed by atoms with Crippen molar-refractivity contribution in [3.05, 3.63) is 59.2 Å². The first-order valence-electron chi connectivity index (χ1n) is 7.21. The second kappa shape index (κ2) is 6.83. The van der Waals surface area contributed by atoms with Crippen LogP contribution in [0.3, 0.4) is 0 Å². The van der Waals surface area contributed by atoms with E-state index >= 15 is 0 Å². The zero-order chi connectivity index (χ0) is 17.0. The van der Waals surface area contributed by atoms with Gasteiger partial charge in [0.15, 0.2) is 0 Å². The molecule has 0 saturated heterocycles. The minimum absolute atomic E-state index is 0.204. The van der Waals surface area contributed by atoms with Crippen LogP contribution in [0.4, 0.5) is 5.69 Å². The maximum Gasteiger partial charge on any atom is 0.338 e. The number of hydrogen-bond donors (Lipinski definition) is 1. The predicted octanol–water partition coefficient (Wildman–Crippen LogP) is 3.28. The predicted molar refractivity (Wildman–Crippen MR) is 89.1 cm³/mol. The number of sulfonamides is 1. The summed E-state index contributed by atoms with van der Waals surface area (Å²) in [5.74, 6) is -0.434. The summed E-state index contributed by atoms with van der Waals surface area (Å²) in [6, 6.07) is 11.1. The molecule has 0 unspecified atom stereocenters. The van der Waals surface area contributed by atoms with E-state index in [4.69, 9.17) is 4.74 Å². The first kappa shape index (κ1) is 17.0. The molecule has 0 aliphatic carbocycles. The molecule has 23 heavy (non-hydrogen) atoms. The summed E-state index contributed by atoms with van der Waals surface area (Å²) >= 11 is 0. The molecule has 0 aliphatic rings. The Labute approximate surface area is 136 Å². The summed E-state index contributed by atoms with van der Waals surface area (Å²) in [6.45, 7) is 5.81. The van der Waals surface area contributed by atoms with Gasteiger partial charge in [-0.2, -0.15) is 0 Å². The first-order valence-corrected chi connectivity index (χ1v) is 8.69. The van der Waals surface area contributed by atoms with Gasteiger partial charge in [0, 0.05) is 5.69 Å². The highest BCUT2D eigenvalue weighted by Gasteiger charge is 2.15. The molecular weight excluding hydrogens is 314 g/mol. The minimum Gasteiger partial charge on any atom is -0.462 e. The van der Waals surface area contributed by atoms with Gasteiger partial charge in [0.25, 0.3) is 10.0 Å². The van der Waals surface area contributed by atoms with Gasteiger partial charge >= 0.3 is 5.97 Å². The van der Waals surface area contributed by atoms with Crippen LogP contribution in [0, 0.1) is 13.8 Å². The van der Waals surface area contributed by atoms with Crippen LogP contribution in [0.25, 0.3) is 0 Å². The second-order valence-corrected chi connectivity index (χ2v) is 6.83. The summed E-state index contributed by atoms with van der Waals surface area (Å²) in [5.41, 5.74) is 2.70. The third-order valence-corrected chi connectivity index (χ3v) is 4.82. The summed E-state index contributed by atoms with van der Waals surface area (Å²) in [6.07, 6.45) is 0. The summed E-state index contributed by atoms with van der Waals surface area (Å²) in [4.78, 5) is 11.8. The molecule has 0 fully saturated rings. The van der Waals surface area contributed by atoms with Gasteiger partial charge in [-0.3, -0.25) is 4.72 Å². The summed E-state index contributed by atoms with van der Waals surface area (Å²) in [7, 11) is -3.66. The Kier molecular flexibility index (Phi) is 5.05. The van der Waals surface area contributed by atoms with Crippen LogP contribution < -0.4 is 4.72 Å². The molecule has 0 aromatic heterocycles. The molecular formula is C17H19NO4S. The summed E-state index contributed by atoms with van der Waals surface area (Å²) in [5, 5.41) is 0. The molecule has 0 atom stereocenters. The fraction of sp³-hybridized carbons (Fsp3) is 0.235. The van der Waals surface area contributed by atoms with Crippen molar-refractivity contribution in [3.63, 3.8) is 0 Å². The van der Waals surface area contributed by atoms with Gasteiger partial charge in [-0.15, -0.1) is 0 Å². The molecule has 2 rings (SSSR count). The van der Waals surface area contributed by atoms with Crippen LogP contribution in [-0.4, -0.2) is 21.0 Å². The first-order chi connectivity index (χ1) is 10.8. The maximum atomic E-state index is 12.4. The Balaban J connectivity index is 2.20. The van der Waals surface area contributed by atoms with Crippen molar-refractivity contribution in [2.24, 2.45) is 0 Å². The van der Waals surface area contributed by atoms with Crippen LogP contribution >= 0.6 is 0 Å². The maximum absolute atomic E-state index is 12.4. The van der Waals surface area contributed by atoms with Crippen molar-refractivity contribution < 1.29 is 17.9 Å². The Morgan fingerprint density at radius 1 is 1.04 bits per heavy atom. The molecule has 0 spiro atoms. The van der Waals surface area contributed by atoms with Gasteiger partial charge in [0.05, 0.1) is 17.1 Å². The quantitative estimate of drug-likeness (QED) is 0.852. The van der Waals surface area contributed by atoms with Crippen molar-refractivity contribution in [3.8, 4) is 0 Å². The lowest BCUT2D eigenvalue weighted by Crippen LogP contribution is -2.13. The van der Waals surface area contributed by atoms with Crippen molar-refractivity contribution in [1.29, 1.82) is 0 Å². The van der Waals surface area contributed by atoms with Gasteiger partial charge in [0.1, 0.15) is 0 Å². The number of carbonyl (C=O) groups is 1. The lowest BCUT2D eigenvalue weighted by atomic mass is 10.1. The molecule has 2 aromatic rings. The number of hydrogen-bond acceptors (Lipinski definition) is 4. The van der Waals surface area contributed by atoms with Gasteiger partial charge in [-0.25, -0.2) is 13.2 Å². The number of esters is 1. The van der Waals surface area contributed by atoms with E-state index < -0.39 is 16.0 Å². The second-order valence-electron chi connectivity index (χ2n) is 5.15. The third kappa shape index (κ3) is 4.10. The number of carbonyl (C=O) groups excluding carboxylic acids is 1. The Morgan fingerprint density at radius 3 is 2.26 bits per heavy atom. The molecule has 0 aliphatic heterocycles. The number of anilines is 1. The van der Waals surface area contributed by atoms with Crippen molar-refractivity contribution in [1.82, 2.24) is 0 Å². The van der Waals surface area contributed by atoms with Crippen LogP contribution in [0.15, 0.2) is 47.4 Å². The van der Waals surface area contributed by atoms with Crippen LogP contribution in [-0.2, 0) is 14.8 Å². The minimum atomic E-state index is -3.66. The zero-order valence-electron chi connectivity index (χ0n) is 13.3. The standard InChI is InChI=1S/C17H19NO4S/c1-4-22-17(19)14-6-8-15(9-7-14)18-23(20,21)16-10-5-12(2)13(3)11-16/h5-11,18H,4H2,1-3H3. The van der Waals surface area contributed by atoms with Gasteiger partial charge in [-0.05, 0) is 68.3 Å². The van der Waals surface area contributed by atoms with Gasteiger partial charge < -0.3 is 4.74 Å². The Hall–Kier alpha value is -2.34. The van der Waals surface area contributed by atoms with Gasteiger partial charge in [0.2, 0.25) is 0 Å². The molecule has 5 nitrogen and oxygen atoms in total. The monoisotopic (exact) mass is 333 g/mol. The van der Waals surface area contributed by atoms with Crippen molar-refractivity contribution >= 4 is 21.7 Å². The van der Waals surface area contributed by atoms with E-state index in [0.717, 1.165) is 11.1 Å². The number of rotatable bonds is 5. The lowest BCUT2D eigenvalue weighted by Gasteiger charge is -2.10. The molecule has 6 heteroatoms. The SMILES string of the molecule is CCOC(=O)c1ccc(NS(=O)(=O)c2ccc(C)c(C)c2)cc1. The summed E-state index contributed by atoms with van der Waals surface area (Å²) < 4.78 is 32.2. The fourth-order valence-electron chi connectivity index (χ4n) is 1.98. The van der Waals surface area contributed by atoms with E-state index in [0.29, 0.717) is 17.9 Å². The van der Waals surface area contributed by atoms with Crippen LogP contribution in [0.1, 0.15) is 28.4 Å². The van der Waals surface area contributed by atoms with E-state index in [1.807, 2.05) is 13.8 Å². The van der Waals surface area contributed by atoms with Crippen LogP contribution in [0.5, 0.6) is 0 Å². The number of benzene rings is 2. The highest BCUT2D eigenvalue weighted by Crippen LogP contribution is 2.19. The molecule has 0 amide bonds. The topological polar surface area (TPSA) is 72.5 Å². The van der Waals surface area contributed by atoms with E-state index in [-0.39, 0.29) is 4.90 Å². The zero-order valence-corrected chi connectivity index (χ0v) is 14.1. The molecule has 2 aromatic carbocycles. The van der Waals surface area contributed by atoms with Crippen molar-refractivity contribution in [2.75, 3.05) is 11.3 Å². The Morgan fingerprint density at radius 2 is 1.70 bits per heavy atom. The molecule has 0 heterocycles.